The van der Waals surface area contributed by atoms with Crippen molar-refractivity contribution in [2.45, 2.75) is 20.8 Å². The van der Waals surface area contributed by atoms with Crippen molar-refractivity contribution in [1.29, 1.82) is 0 Å². The van der Waals surface area contributed by atoms with Gasteiger partial charge < -0.3 is 10.6 Å². The highest BCUT2D eigenvalue weighted by Crippen LogP contribution is 2.38. The molecule has 0 aliphatic rings. The highest BCUT2D eigenvalue weighted by Gasteiger charge is 2.19. The van der Waals surface area contributed by atoms with Gasteiger partial charge in [0.2, 0.25) is 0 Å². The van der Waals surface area contributed by atoms with Crippen LogP contribution < -0.4 is 10.6 Å². The van der Waals surface area contributed by atoms with Gasteiger partial charge in [-0.2, -0.15) is 0 Å². The van der Waals surface area contributed by atoms with Gasteiger partial charge in [0.1, 0.15) is 0 Å². The van der Waals surface area contributed by atoms with E-state index in [2.05, 4.69) is 26.6 Å². The highest BCUT2D eigenvalue weighted by molar-refractivity contribution is 9.10. The lowest BCUT2D eigenvalue weighted by atomic mass is 10.0. The number of rotatable bonds is 4. The fraction of sp³-hybridized carbons (Fsp3) is 0.130. The molecule has 2 amide bonds. The van der Waals surface area contributed by atoms with Gasteiger partial charge in [-0.1, -0.05) is 36.4 Å². The van der Waals surface area contributed by atoms with Crippen LogP contribution in [0.2, 0.25) is 0 Å². The van der Waals surface area contributed by atoms with Crippen LogP contribution in [0.5, 0.6) is 0 Å². The number of anilines is 2. The SMILES string of the molecule is Cc1c(C)c(NC(=O)c2ccccc2)c(Br)c(C)c1NC(=O)c1ccccc1. The van der Waals surface area contributed by atoms with Crippen molar-refractivity contribution >= 4 is 39.1 Å². The zero-order valence-electron chi connectivity index (χ0n) is 16.0. The molecule has 0 spiro atoms. The molecular weight excluding hydrogens is 416 g/mol. The predicted octanol–water partition coefficient (Wildman–Crippen LogP) is 5.88. The molecular formula is C23H21BrN2O2. The Morgan fingerprint density at radius 3 is 1.50 bits per heavy atom. The van der Waals surface area contributed by atoms with E-state index in [4.69, 9.17) is 0 Å². The molecule has 0 fully saturated rings. The molecule has 3 aromatic carbocycles. The number of amides is 2. The maximum atomic E-state index is 12.6. The van der Waals surface area contributed by atoms with Gasteiger partial charge in [0.25, 0.3) is 11.8 Å². The second kappa shape index (κ2) is 8.40. The molecule has 2 N–H and O–H groups in total. The average Bonchev–Trinajstić information content (AvgIpc) is 2.73. The zero-order chi connectivity index (χ0) is 20.3. The van der Waals surface area contributed by atoms with E-state index < -0.39 is 0 Å². The Balaban J connectivity index is 1.93. The number of hydrogen-bond donors (Lipinski definition) is 2. The molecule has 0 aromatic heterocycles. The van der Waals surface area contributed by atoms with Crippen molar-refractivity contribution in [2.24, 2.45) is 0 Å². The molecule has 0 aliphatic heterocycles. The molecule has 0 aliphatic carbocycles. The van der Waals surface area contributed by atoms with E-state index in [1.807, 2.05) is 57.2 Å². The first-order valence-corrected chi connectivity index (χ1v) is 9.71. The van der Waals surface area contributed by atoms with Gasteiger partial charge in [0.15, 0.2) is 0 Å². The minimum Gasteiger partial charge on any atom is -0.321 e. The molecule has 0 atom stereocenters. The van der Waals surface area contributed by atoms with Gasteiger partial charge in [-0.05, 0) is 77.7 Å². The molecule has 0 heterocycles. The van der Waals surface area contributed by atoms with Crippen LogP contribution >= 0.6 is 15.9 Å². The van der Waals surface area contributed by atoms with E-state index in [1.54, 1.807) is 24.3 Å². The Morgan fingerprint density at radius 1 is 0.643 bits per heavy atom. The summed E-state index contributed by atoms with van der Waals surface area (Å²) in [6, 6.07) is 18.2. The van der Waals surface area contributed by atoms with Crippen LogP contribution in [0.15, 0.2) is 65.1 Å². The van der Waals surface area contributed by atoms with E-state index in [0.717, 1.165) is 26.9 Å². The highest BCUT2D eigenvalue weighted by atomic mass is 79.9. The van der Waals surface area contributed by atoms with Crippen molar-refractivity contribution in [3.63, 3.8) is 0 Å². The molecule has 142 valence electrons. The second-order valence-corrected chi connectivity index (χ2v) is 7.37. The number of halogens is 1. The summed E-state index contributed by atoms with van der Waals surface area (Å²) in [6.07, 6.45) is 0. The standard InChI is InChI=1S/C23H21BrN2O2/c1-14-15(2)21(26-23(28)18-12-8-5-9-13-18)19(24)16(3)20(14)25-22(27)17-10-6-4-7-11-17/h4-13H,1-3H3,(H,25,27)(H,26,28). The van der Waals surface area contributed by atoms with Gasteiger partial charge in [-0.25, -0.2) is 0 Å². The summed E-state index contributed by atoms with van der Waals surface area (Å²) >= 11 is 3.60. The zero-order valence-corrected chi connectivity index (χ0v) is 17.6. The summed E-state index contributed by atoms with van der Waals surface area (Å²) in [7, 11) is 0. The largest absolute Gasteiger partial charge is 0.321 e. The van der Waals surface area contributed by atoms with Crippen LogP contribution in [0.25, 0.3) is 0 Å². The molecule has 3 aromatic rings. The van der Waals surface area contributed by atoms with Crippen LogP contribution in [-0.2, 0) is 0 Å². The predicted molar refractivity (Wildman–Crippen MR) is 117 cm³/mol. The van der Waals surface area contributed by atoms with Crippen molar-refractivity contribution in [3.05, 3.63) is 93.0 Å². The first kappa shape index (κ1) is 19.8. The minimum absolute atomic E-state index is 0.167. The molecule has 28 heavy (non-hydrogen) atoms. The Morgan fingerprint density at radius 2 is 1.04 bits per heavy atom. The van der Waals surface area contributed by atoms with Gasteiger partial charge in [0, 0.05) is 21.3 Å². The Bertz CT molecular complexity index is 918. The van der Waals surface area contributed by atoms with Crippen molar-refractivity contribution in [2.75, 3.05) is 10.6 Å². The summed E-state index contributed by atoms with van der Waals surface area (Å²) in [6.45, 7) is 5.78. The lowest BCUT2D eigenvalue weighted by molar-refractivity contribution is 0.101. The molecule has 0 unspecified atom stereocenters. The third-order valence-electron chi connectivity index (χ3n) is 4.79. The number of hydrogen-bond acceptors (Lipinski definition) is 2. The molecule has 0 radical (unpaired) electrons. The number of benzene rings is 3. The summed E-state index contributed by atoms with van der Waals surface area (Å²) in [5.74, 6) is -0.344. The maximum absolute atomic E-state index is 12.6. The lowest BCUT2D eigenvalue weighted by Gasteiger charge is -2.20. The summed E-state index contributed by atoms with van der Waals surface area (Å²) < 4.78 is 0.753. The van der Waals surface area contributed by atoms with E-state index in [1.165, 1.54) is 0 Å². The van der Waals surface area contributed by atoms with Crippen LogP contribution in [0.3, 0.4) is 0 Å². The Hall–Kier alpha value is -2.92. The summed E-state index contributed by atoms with van der Waals surface area (Å²) in [4.78, 5) is 25.2. The Kier molecular flexibility index (Phi) is 5.95. The van der Waals surface area contributed by atoms with Crippen LogP contribution in [0.1, 0.15) is 37.4 Å². The van der Waals surface area contributed by atoms with Crippen LogP contribution in [0.4, 0.5) is 11.4 Å². The molecule has 0 bridgehead atoms. The van der Waals surface area contributed by atoms with E-state index >= 15 is 0 Å². The fourth-order valence-electron chi connectivity index (χ4n) is 3.00. The number of carbonyl (C=O) groups excluding carboxylic acids is 2. The smallest absolute Gasteiger partial charge is 0.255 e. The topological polar surface area (TPSA) is 58.2 Å². The van der Waals surface area contributed by atoms with Crippen molar-refractivity contribution < 1.29 is 9.59 Å². The number of carbonyl (C=O) groups is 2. The van der Waals surface area contributed by atoms with Gasteiger partial charge in [-0.3, -0.25) is 9.59 Å². The van der Waals surface area contributed by atoms with Crippen LogP contribution in [0, 0.1) is 20.8 Å². The summed E-state index contributed by atoms with van der Waals surface area (Å²) in [5.41, 5.74) is 5.30. The monoisotopic (exact) mass is 436 g/mol. The van der Waals surface area contributed by atoms with Gasteiger partial charge >= 0.3 is 0 Å². The third kappa shape index (κ3) is 3.99. The second-order valence-electron chi connectivity index (χ2n) is 6.58. The van der Waals surface area contributed by atoms with Crippen molar-refractivity contribution in [3.8, 4) is 0 Å². The first-order chi connectivity index (χ1) is 13.4. The normalized spacial score (nSPS) is 10.4. The maximum Gasteiger partial charge on any atom is 0.255 e. The van der Waals surface area contributed by atoms with Crippen molar-refractivity contribution in [1.82, 2.24) is 0 Å². The van der Waals surface area contributed by atoms with Crippen LogP contribution in [-0.4, -0.2) is 11.8 Å². The van der Waals surface area contributed by atoms with E-state index in [9.17, 15) is 9.59 Å². The quantitative estimate of drug-likeness (QED) is 0.536. The summed E-state index contributed by atoms with van der Waals surface area (Å²) in [5, 5.41) is 6.00. The average molecular weight is 437 g/mol. The molecule has 0 saturated carbocycles. The Labute approximate surface area is 173 Å². The molecule has 0 saturated heterocycles. The lowest BCUT2D eigenvalue weighted by Crippen LogP contribution is -2.17. The van der Waals surface area contributed by atoms with E-state index in [0.29, 0.717) is 16.8 Å². The van der Waals surface area contributed by atoms with Gasteiger partial charge in [-0.15, -0.1) is 0 Å². The molecule has 5 heteroatoms. The van der Waals surface area contributed by atoms with E-state index in [-0.39, 0.29) is 11.8 Å². The molecule has 3 rings (SSSR count). The fourth-order valence-corrected chi connectivity index (χ4v) is 3.60. The first-order valence-electron chi connectivity index (χ1n) is 8.92. The number of nitrogens with one attached hydrogen (secondary N) is 2. The van der Waals surface area contributed by atoms with Gasteiger partial charge in [0.05, 0.1) is 5.69 Å². The molecule has 4 nitrogen and oxygen atoms in total. The minimum atomic E-state index is -0.177. The third-order valence-corrected chi connectivity index (χ3v) is 5.78.